The highest BCUT2D eigenvalue weighted by molar-refractivity contribution is 6.32. The van der Waals surface area contributed by atoms with E-state index in [4.69, 9.17) is 13.6 Å². The predicted molar refractivity (Wildman–Crippen MR) is 89.2 cm³/mol. The molecule has 22 heavy (non-hydrogen) atoms. The van der Waals surface area contributed by atoms with Crippen LogP contribution < -0.4 is 11.3 Å². The summed E-state index contributed by atoms with van der Waals surface area (Å²) in [5.74, 6) is 0.175. The number of nitrogen functional groups attached to an aromatic ring is 1. The maximum absolute atomic E-state index is 5.98. The van der Waals surface area contributed by atoms with Crippen molar-refractivity contribution in [2.45, 2.75) is 20.8 Å². The number of hydrogen-bond donors (Lipinski definition) is 1. The van der Waals surface area contributed by atoms with Gasteiger partial charge in [0.1, 0.15) is 7.85 Å². The maximum Gasteiger partial charge on any atom is 0.238 e. The van der Waals surface area contributed by atoms with Gasteiger partial charge in [-0.3, -0.25) is 9.98 Å². The van der Waals surface area contributed by atoms with E-state index in [1.807, 2.05) is 39.0 Å². The van der Waals surface area contributed by atoms with Gasteiger partial charge in [-0.05, 0) is 44.6 Å². The fraction of sp³-hybridized carbons (Fsp3) is 0.200. The zero-order valence-corrected chi connectivity index (χ0v) is 12.7. The van der Waals surface area contributed by atoms with E-state index in [9.17, 15) is 0 Å². The molecule has 0 aromatic carbocycles. The second-order valence-electron chi connectivity index (χ2n) is 5.26. The van der Waals surface area contributed by atoms with Gasteiger partial charge in [0.05, 0.1) is 28.8 Å². The molecule has 2 N–H and O–H groups in total. The van der Waals surface area contributed by atoms with E-state index in [0.717, 1.165) is 33.9 Å². The van der Waals surface area contributed by atoms with E-state index >= 15 is 0 Å². The first kappa shape index (κ1) is 14.3. The smallest absolute Gasteiger partial charge is 0.238 e. The SMILES string of the molecule is [B]c1cc(-c2ccc(N=C(C)C)c(C)n2)c2cnc(N)nn12. The average Bonchev–Trinajstić information content (AvgIpc) is 2.78. The molecule has 0 saturated carbocycles. The number of nitrogens with zero attached hydrogens (tertiary/aromatic N) is 5. The van der Waals surface area contributed by atoms with Gasteiger partial charge in [-0.25, -0.2) is 9.50 Å². The molecule has 0 aliphatic heterocycles. The minimum absolute atomic E-state index is 0.175. The van der Waals surface area contributed by atoms with E-state index in [1.165, 1.54) is 0 Å². The zero-order valence-electron chi connectivity index (χ0n) is 12.7. The summed E-state index contributed by atoms with van der Waals surface area (Å²) < 4.78 is 1.57. The molecular formula is C15H15BN6. The summed E-state index contributed by atoms with van der Waals surface area (Å²) in [4.78, 5) is 13.1. The van der Waals surface area contributed by atoms with Crippen molar-refractivity contribution in [2.24, 2.45) is 4.99 Å². The Morgan fingerprint density at radius 1 is 1.32 bits per heavy atom. The van der Waals surface area contributed by atoms with Crippen LogP contribution in [-0.4, -0.2) is 33.1 Å². The molecule has 3 rings (SSSR count). The van der Waals surface area contributed by atoms with Crippen LogP contribution in [0.4, 0.5) is 11.6 Å². The van der Waals surface area contributed by atoms with Crippen molar-refractivity contribution in [3.8, 4) is 11.3 Å². The van der Waals surface area contributed by atoms with Gasteiger partial charge in [0.2, 0.25) is 5.95 Å². The van der Waals surface area contributed by atoms with Crippen LogP contribution in [0.2, 0.25) is 0 Å². The van der Waals surface area contributed by atoms with Crippen LogP contribution in [-0.2, 0) is 0 Å². The summed E-state index contributed by atoms with van der Waals surface area (Å²) in [5, 5.41) is 4.11. The highest BCUT2D eigenvalue weighted by atomic mass is 15.3. The Balaban J connectivity index is 2.16. The first-order valence-electron chi connectivity index (χ1n) is 6.85. The van der Waals surface area contributed by atoms with Gasteiger partial charge in [0.25, 0.3) is 0 Å². The lowest BCUT2D eigenvalue weighted by Crippen LogP contribution is -2.13. The van der Waals surface area contributed by atoms with E-state index in [1.54, 1.807) is 10.7 Å². The normalized spacial score (nSPS) is 10.9. The number of aromatic nitrogens is 4. The average molecular weight is 290 g/mol. The minimum atomic E-state index is 0.175. The monoisotopic (exact) mass is 290 g/mol. The maximum atomic E-state index is 5.98. The van der Waals surface area contributed by atoms with E-state index < -0.39 is 0 Å². The van der Waals surface area contributed by atoms with E-state index in [0.29, 0.717) is 5.59 Å². The first-order valence-corrected chi connectivity index (χ1v) is 6.85. The molecule has 3 heterocycles. The Labute approximate surface area is 129 Å². The summed E-state index contributed by atoms with van der Waals surface area (Å²) >= 11 is 0. The van der Waals surface area contributed by atoms with Crippen LogP contribution in [0.1, 0.15) is 19.5 Å². The molecular weight excluding hydrogens is 275 g/mol. The van der Waals surface area contributed by atoms with Crippen LogP contribution in [0.15, 0.2) is 29.4 Å². The molecule has 108 valence electrons. The number of hydrogen-bond acceptors (Lipinski definition) is 5. The summed E-state index contributed by atoms with van der Waals surface area (Å²) in [7, 11) is 5.98. The molecule has 3 aromatic heterocycles. The van der Waals surface area contributed by atoms with E-state index in [2.05, 4.69) is 20.1 Å². The second kappa shape index (κ2) is 5.25. The Bertz CT molecular complexity index is 892. The lowest BCUT2D eigenvalue weighted by atomic mass is 10.0. The third-order valence-corrected chi connectivity index (χ3v) is 3.24. The Morgan fingerprint density at radius 2 is 2.09 bits per heavy atom. The second-order valence-corrected chi connectivity index (χ2v) is 5.26. The number of nitrogens with two attached hydrogens (primary N) is 1. The first-order chi connectivity index (χ1) is 10.5. The summed E-state index contributed by atoms with van der Waals surface area (Å²) in [5.41, 5.74) is 11.2. The summed E-state index contributed by atoms with van der Waals surface area (Å²) in [6, 6.07) is 5.68. The van der Waals surface area contributed by atoms with Gasteiger partial charge in [-0.15, -0.1) is 5.10 Å². The van der Waals surface area contributed by atoms with Gasteiger partial charge < -0.3 is 5.73 Å². The highest BCUT2D eigenvalue weighted by Crippen LogP contribution is 2.26. The Morgan fingerprint density at radius 3 is 2.77 bits per heavy atom. The number of rotatable bonds is 2. The molecule has 6 nitrogen and oxygen atoms in total. The standard InChI is InChI=1S/C15H15BN6/c1-8(2)19-11-4-5-12(20-9(11)3)10-6-14(16)22-13(10)7-18-15(17)21-22/h4-7H,1-3H3,(H2,17,21). The molecule has 0 aliphatic rings. The fourth-order valence-corrected chi connectivity index (χ4v) is 2.30. The number of anilines is 1. The third-order valence-electron chi connectivity index (χ3n) is 3.24. The molecule has 0 atom stereocenters. The van der Waals surface area contributed by atoms with Gasteiger partial charge >= 0.3 is 0 Å². The third kappa shape index (κ3) is 2.45. The molecule has 0 saturated heterocycles. The summed E-state index contributed by atoms with van der Waals surface area (Å²) in [6.45, 7) is 5.84. The van der Waals surface area contributed by atoms with Crippen molar-refractivity contribution in [3.63, 3.8) is 0 Å². The number of pyridine rings is 1. The fourth-order valence-electron chi connectivity index (χ4n) is 2.30. The molecule has 0 unspecified atom stereocenters. The molecule has 0 fully saturated rings. The quantitative estimate of drug-likeness (QED) is 0.574. The zero-order chi connectivity index (χ0) is 15.9. The lowest BCUT2D eigenvalue weighted by Gasteiger charge is -2.05. The number of aryl methyl sites for hydroxylation is 1. The summed E-state index contributed by atoms with van der Waals surface area (Å²) in [6.07, 6.45) is 1.65. The number of fused-ring (bicyclic) bond motifs is 1. The van der Waals surface area contributed by atoms with Crippen molar-refractivity contribution < 1.29 is 0 Å². The van der Waals surface area contributed by atoms with Gasteiger partial charge in [0, 0.05) is 11.3 Å². The Hall–Kier alpha value is -2.70. The van der Waals surface area contributed by atoms with Crippen molar-refractivity contribution in [1.82, 2.24) is 19.6 Å². The van der Waals surface area contributed by atoms with E-state index in [-0.39, 0.29) is 5.95 Å². The topological polar surface area (TPSA) is 81.5 Å². The van der Waals surface area contributed by atoms with Gasteiger partial charge in [-0.1, -0.05) is 0 Å². The van der Waals surface area contributed by atoms with Crippen molar-refractivity contribution >= 4 is 36.3 Å². The van der Waals surface area contributed by atoms with Gasteiger partial charge in [-0.2, -0.15) is 0 Å². The van der Waals surface area contributed by atoms with Crippen molar-refractivity contribution in [3.05, 3.63) is 30.1 Å². The molecule has 3 aromatic rings. The molecule has 2 radical (unpaired) electrons. The van der Waals surface area contributed by atoms with Crippen LogP contribution in [0.25, 0.3) is 16.8 Å². The van der Waals surface area contributed by atoms with Crippen LogP contribution in [0.5, 0.6) is 0 Å². The lowest BCUT2D eigenvalue weighted by molar-refractivity contribution is 0.939. The highest BCUT2D eigenvalue weighted by Gasteiger charge is 2.12. The van der Waals surface area contributed by atoms with Crippen LogP contribution in [0.3, 0.4) is 0 Å². The van der Waals surface area contributed by atoms with Crippen molar-refractivity contribution in [2.75, 3.05) is 5.73 Å². The van der Waals surface area contributed by atoms with Crippen LogP contribution >= 0.6 is 0 Å². The predicted octanol–water partition coefficient (Wildman–Crippen LogP) is 1.59. The number of aliphatic imine (C=N–C) groups is 1. The van der Waals surface area contributed by atoms with Gasteiger partial charge in [0.15, 0.2) is 0 Å². The van der Waals surface area contributed by atoms with Crippen LogP contribution in [0, 0.1) is 6.92 Å². The molecule has 0 amide bonds. The molecule has 0 bridgehead atoms. The molecule has 0 spiro atoms. The molecule has 0 aliphatic carbocycles. The largest absolute Gasteiger partial charge is 0.367 e. The molecule has 7 heteroatoms. The minimum Gasteiger partial charge on any atom is -0.367 e. The van der Waals surface area contributed by atoms with Crippen molar-refractivity contribution in [1.29, 1.82) is 0 Å². The Kier molecular flexibility index (Phi) is 3.40.